The van der Waals surface area contributed by atoms with Gasteiger partial charge in [0.05, 0.1) is 18.4 Å². The third kappa shape index (κ3) is 3.02. The lowest BCUT2D eigenvalue weighted by molar-refractivity contribution is -0.136. The molecule has 4 N–H and O–H groups in total. The largest absolute Gasteiger partial charge is 0.514 e. The predicted molar refractivity (Wildman–Crippen MR) is 27.2 cm³/mol. The van der Waals surface area contributed by atoms with Gasteiger partial charge in [0.2, 0.25) is 0 Å². The van der Waals surface area contributed by atoms with Gasteiger partial charge in [-0.3, -0.25) is 4.79 Å². The molecule has 0 aromatic heterocycles. The lowest BCUT2D eigenvalue weighted by Gasteiger charge is -1.89. The van der Waals surface area contributed by atoms with Crippen LogP contribution < -0.4 is 5.73 Å². The van der Waals surface area contributed by atoms with E-state index in [0.717, 1.165) is 0 Å². The van der Waals surface area contributed by atoms with Gasteiger partial charge >= 0.3 is 5.97 Å². The minimum Gasteiger partial charge on any atom is -0.514 e. The van der Waals surface area contributed by atoms with Gasteiger partial charge in [0.15, 0.2) is 0 Å². The van der Waals surface area contributed by atoms with Crippen molar-refractivity contribution in [2.75, 3.05) is 0 Å². The van der Waals surface area contributed by atoms with Crippen molar-refractivity contribution < 1.29 is 15.0 Å². The number of aliphatic hydroxyl groups is 1. The molecule has 0 aromatic carbocycles. The Balaban J connectivity index is 3.56. The van der Waals surface area contributed by atoms with E-state index < -0.39 is 5.97 Å². The van der Waals surface area contributed by atoms with E-state index >= 15 is 0 Å². The first-order valence-electron chi connectivity index (χ1n) is 1.97. The maximum atomic E-state index is 9.74. The third-order valence-corrected chi connectivity index (χ3v) is 0.521. The average molecular weight is 117 g/mol. The smallest absolute Gasteiger partial charge is 0.309 e. The van der Waals surface area contributed by atoms with Gasteiger partial charge in [0, 0.05) is 0 Å². The molecule has 0 spiro atoms. The monoisotopic (exact) mass is 117 g/mol. The maximum Gasteiger partial charge on any atom is 0.309 e. The van der Waals surface area contributed by atoms with Crippen molar-refractivity contribution >= 4 is 5.97 Å². The number of aliphatic hydroxyl groups excluding tert-OH is 1. The molecule has 4 nitrogen and oxygen atoms in total. The molecule has 0 bridgehead atoms. The molecule has 0 aromatic rings. The Morgan fingerprint density at radius 1 is 1.75 bits per heavy atom. The summed E-state index contributed by atoms with van der Waals surface area (Å²) in [5.74, 6) is -1.05. The highest BCUT2D eigenvalue weighted by Crippen LogP contribution is 1.87. The lowest BCUT2D eigenvalue weighted by atomic mass is 10.3. The van der Waals surface area contributed by atoms with Crippen molar-refractivity contribution in [3.63, 3.8) is 0 Å². The van der Waals surface area contributed by atoms with Gasteiger partial charge in [-0.05, 0) is 0 Å². The summed E-state index contributed by atoms with van der Waals surface area (Å²) < 4.78 is 0. The summed E-state index contributed by atoms with van der Waals surface area (Å²) in [6, 6.07) is 0. The van der Waals surface area contributed by atoms with E-state index in [4.69, 9.17) is 15.9 Å². The molecule has 0 aliphatic heterocycles. The van der Waals surface area contributed by atoms with E-state index in [9.17, 15) is 4.79 Å². The van der Waals surface area contributed by atoms with Crippen LogP contribution in [0.1, 0.15) is 6.42 Å². The van der Waals surface area contributed by atoms with E-state index in [1.165, 1.54) is 0 Å². The maximum absolute atomic E-state index is 9.74. The zero-order chi connectivity index (χ0) is 6.57. The number of carboxylic acids is 1. The highest BCUT2D eigenvalue weighted by molar-refractivity contribution is 5.69. The molecule has 0 heterocycles. The van der Waals surface area contributed by atoms with Crippen molar-refractivity contribution in [1.29, 1.82) is 0 Å². The second-order valence-electron chi connectivity index (χ2n) is 1.27. The molecule has 0 radical (unpaired) electrons. The van der Waals surface area contributed by atoms with Crippen molar-refractivity contribution in [2.24, 2.45) is 5.73 Å². The van der Waals surface area contributed by atoms with Crippen molar-refractivity contribution in [3.8, 4) is 0 Å². The Morgan fingerprint density at radius 3 is 2.38 bits per heavy atom. The summed E-state index contributed by atoms with van der Waals surface area (Å²) in [5, 5.41) is 16.0. The SMILES string of the molecule is N/C(=C\O)CC(=O)O. The van der Waals surface area contributed by atoms with Gasteiger partial charge < -0.3 is 15.9 Å². The number of hydrogen-bond donors (Lipinski definition) is 3. The van der Waals surface area contributed by atoms with E-state index in [1.807, 2.05) is 0 Å². The predicted octanol–water partition coefficient (Wildman–Crippen LogP) is -0.181. The highest BCUT2D eigenvalue weighted by Gasteiger charge is 1.96. The van der Waals surface area contributed by atoms with Crippen molar-refractivity contribution in [2.45, 2.75) is 6.42 Å². The topological polar surface area (TPSA) is 83.5 Å². The minimum absolute atomic E-state index is 0.0440. The Morgan fingerprint density at radius 2 is 2.25 bits per heavy atom. The van der Waals surface area contributed by atoms with Crippen LogP contribution in [-0.4, -0.2) is 16.2 Å². The first-order chi connectivity index (χ1) is 3.66. The quantitative estimate of drug-likeness (QED) is 0.438. The Hall–Kier alpha value is -1.19. The summed E-state index contributed by atoms with van der Waals surface area (Å²) in [6.45, 7) is 0. The number of hydrogen-bond acceptors (Lipinski definition) is 3. The fraction of sp³-hybridized carbons (Fsp3) is 0.250. The van der Waals surface area contributed by atoms with Crippen LogP contribution in [0.5, 0.6) is 0 Å². The molecular weight excluding hydrogens is 110 g/mol. The summed E-state index contributed by atoms with van der Waals surface area (Å²) in [5.41, 5.74) is 4.86. The summed E-state index contributed by atoms with van der Waals surface area (Å²) >= 11 is 0. The van der Waals surface area contributed by atoms with Gasteiger partial charge in [-0.2, -0.15) is 0 Å². The molecule has 4 heteroatoms. The van der Waals surface area contributed by atoms with E-state index in [1.54, 1.807) is 0 Å². The molecule has 0 rings (SSSR count). The molecule has 0 aliphatic carbocycles. The molecule has 0 saturated heterocycles. The number of rotatable bonds is 2. The summed E-state index contributed by atoms with van der Waals surface area (Å²) in [4.78, 5) is 9.74. The fourth-order valence-electron chi connectivity index (χ4n) is 0.220. The van der Waals surface area contributed by atoms with E-state index in [-0.39, 0.29) is 12.1 Å². The second kappa shape index (κ2) is 2.90. The number of carboxylic acid groups (broad SMARTS) is 1. The van der Waals surface area contributed by atoms with Crippen LogP contribution in [0.2, 0.25) is 0 Å². The minimum atomic E-state index is -1.05. The van der Waals surface area contributed by atoms with Gasteiger partial charge in [-0.25, -0.2) is 0 Å². The molecule has 46 valence electrons. The molecule has 0 unspecified atom stereocenters. The van der Waals surface area contributed by atoms with Gasteiger partial charge in [0.1, 0.15) is 0 Å². The van der Waals surface area contributed by atoms with Gasteiger partial charge in [-0.15, -0.1) is 0 Å². The van der Waals surface area contributed by atoms with Crippen LogP contribution in [0, 0.1) is 0 Å². The van der Waals surface area contributed by atoms with Gasteiger partial charge in [0.25, 0.3) is 0 Å². The first kappa shape index (κ1) is 6.81. The normalized spacial score (nSPS) is 11.2. The number of nitrogens with two attached hydrogens (primary N) is 1. The molecule has 0 saturated carbocycles. The first-order valence-corrected chi connectivity index (χ1v) is 1.97. The second-order valence-corrected chi connectivity index (χ2v) is 1.27. The highest BCUT2D eigenvalue weighted by atomic mass is 16.4. The third-order valence-electron chi connectivity index (χ3n) is 0.521. The van der Waals surface area contributed by atoms with Crippen LogP contribution >= 0.6 is 0 Å². The standard InChI is InChI=1S/C4H7NO3/c5-3(2-6)1-4(7)8/h2,6H,1,5H2,(H,7,8)/b3-2-. The average Bonchev–Trinajstić information content (AvgIpc) is 1.65. The van der Waals surface area contributed by atoms with Crippen LogP contribution in [0.4, 0.5) is 0 Å². The fourth-order valence-corrected chi connectivity index (χ4v) is 0.220. The van der Waals surface area contributed by atoms with Crippen molar-refractivity contribution in [1.82, 2.24) is 0 Å². The summed E-state index contributed by atoms with van der Waals surface area (Å²) in [6.07, 6.45) is 0.268. The Labute approximate surface area is 46.2 Å². The molecule has 0 amide bonds. The van der Waals surface area contributed by atoms with Crippen LogP contribution in [0.15, 0.2) is 12.0 Å². The number of aliphatic carboxylic acids is 1. The van der Waals surface area contributed by atoms with Gasteiger partial charge in [-0.1, -0.05) is 0 Å². The molecule has 0 fully saturated rings. The summed E-state index contributed by atoms with van der Waals surface area (Å²) in [7, 11) is 0. The molecule has 8 heavy (non-hydrogen) atoms. The van der Waals surface area contributed by atoms with Crippen LogP contribution in [-0.2, 0) is 4.79 Å². The Bertz CT molecular complexity index is 118. The van der Waals surface area contributed by atoms with Crippen LogP contribution in [0.3, 0.4) is 0 Å². The molecular formula is C4H7NO3. The number of carbonyl (C=O) groups is 1. The Kier molecular flexibility index (Phi) is 2.47. The molecule has 0 atom stereocenters. The van der Waals surface area contributed by atoms with E-state index in [0.29, 0.717) is 6.26 Å². The zero-order valence-corrected chi connectivity index (χ0v) is 4.16. The van der Waals surface area contributed by atoms with Crippen molar-refractivity contribution in [3.05, 3.63) is 12.0 Å². The van der Waals surface area contributed by atoms with E-state index in [2.05, 4.69) is 0 Å². The van der Waals surface area contributed by atoms with Crippen LogP contribution in [0.25, 0.3) is 0 Å². The zero-order valence-electron chi connectivity index (χ0n) is 4.16. The lowest BCUT2D eigenvalue weighted by Crippen LogP contribution is -2.04. The molecule has 0 aliphatic rings.